The van der Waals surface area contributed by atoms with E-state index in [1.807, 2.05) is 0 Å². The molecule has 3 fully saturated rings. The maximum atomic E-state index is 10.3. The number of ether oxygens (including phenoxy) is 2. The van der Waals surface area contributed by atoms with Crippen LogP contribution in [0.5, 0.6) is 0 Å². The predicted molar refractivity (Wildman–Crippen MR) is 99.1 cm³/mol. The van der Waals surface area contributed by atoms with Gasteiger partial charge in [-0.25, -0.2) is 0 Å². The summed E-state index contributed by atoms with van der Waals surface area (Å²) in [5.41, 5.74) is 1.74. The summed E-state index contributed by atoms with van der Waals surface area (Å²) in [6.07, 6.45) is 10.7. The molecule has 1 aliphatic heterocycles. The quantitative estimate of drug-likeness (QED) is 0.690. The van der Waals surface area contributed by atoms with Crippen LogP contribution in [0, 0.1) is 22.2 Å². The van der Waals surface area contributed by atoms with E-state index >= 15 is 0 Å². The Bertz CT molecular complexity index is 570. The van der Waals surface area contributed by atoms with Gasteiger partial charge in [-0.1, -0.05) is 32.4 Å². The zero-order chi connectivity index (χ0) is 18.1. The third-order valence-electron chi connectivity index (χ3n) is 8.62. The molecule has 2 saturated carbocycles. The maximum absolute atomic E-state index is 10.3. The number of rotatable bonds is 1. The van der Waals surface area contributed by atoms with Crippen LogP contribution in [0.15, 0.2) is 11.6 Å². The van der Waals surface area contributed by atoms with E-state index in [4.69, 9.17) is 9.47 Å². The molecule has 3 aliphatic carbocycles. The predicted octanol–water partition coefficient (Wildman–Crippen LogP) is 4.83. The molecule has 4 rings (SSSR count). The highest BCUT2D eigenvalue weighted by molar-refractivity contribution is 5.32. The second-order valence-corrected chi connectivity index (χ2v) is 10.1. The molecule has 1 unspecified atom stereocenters. The van der Waals surface area contributed by atoms with Gasteiger partial charge in [-0.15, -0.1) is 0 Å². The summed E-state index contributed by atoms with van der Waals surface area (Å²) < 4.78 is 13.0. The number of hydrogen-bond acceptors (Lipinski definition) is 3. The molecular weight excluding hydrogens is 312 g/mol. The standard InChI is InChI=1S/C22H36O3/c1-15-16(2)25-22(24-15)13-12-20(5)17(19(22,3)4)9-11-21(14-23)10-7-6-8-18(20)21/h8,15-17,23H,6-7,9-14H2,1-5H3/t15-,16-,17+,20+,21?/m1/s1. The van der Waals surface area contributed by atoms with Crippen molar-refractivity contribution < 1.29 is 14.6 Å². The van der Waals surface area contributed by atoms with Gasteiger partial charge in [0.1, 0.15) is 0 Å². The SMILES string of the molecule is C[C@H]1OC2(CC[C@]3(C)C4=CCCCC4(CO)CC[C@H]3C2(C)C)O[C@@H]1C. The van der Waals surface area contributed by atoms with E-state index in [9.17, 15) is 5.11 Å². The Morgan fingerprint density at radius 1 is 1.04 bits per heavy atom. The molecule has 0 radical (unpaired) electrons. The van der Waals surface area contributed by atoms with Crippen LogP contribution in [-0.4, -0.2) is 29.7 Å². The van der Waals surface area contributed by atoms with Crippen molar-refractivity contribution >= 4 is 0 Å². The van der Waals surface area contributed by atoms with Crippen LogP contribution in [0.25, 0.3) is 0 Å². The van der Waals surface area contributed by atoms with Crippen LogP contribution < -0.4 is 0 Å². The van der Waals surface area contributed by atoms with Crippen molar-refractivity contribution in [2.45, 2.75) is 97.6 Å². The maximum Gasteiger partial charge on any atom is 0.174 e. The highest BCUT2D eigenvalue weighted by Gasteiger charge is 2.67. The summed E-state index contributed by atoms with van der Waals surface area (Å²) in [6, 6.07) is 0. The highest BCUT2D eigenvalue weighted by atomic mass is 16.8. The monoisotopic (exact) mass is 348 g/mol. The first-order valence-electron chi connectivity index (χ1n) is 10.4. The van der Waals surface area contributed by atoms with Gasteiger partial charge in [-0.05, 0) is 63.7 Å². The molecule has 0 aromatic heterocycles. The van der Waals surface area contributed by atoms with Crippen LogP contribution in [-0.2, 0) is 9.47 Å². The Balaban J connectivity index is 1.74. The van der Waals surface area contributed by atoms with Crippen molar-refractivity contribution in [3.63, 3.8) is 0 Å². The zero-order valence-corrected chi connectivity index (χ0v) is 16.7. The molecule has 1 saturated heterocycles. The fourth-order valence-corrected chi connectivity index (χ4v) is 7.03. The Hall–Kier alpha value is -0.380. The van der Waals surface area contributed by atoms with Crippen LogP contribution in [0.2, 0.25) is 0 Å². The lowest BCUT2D eigenvalue weighted by Crippen LogP contribution is -2.62. The van der Waals surface area contributed by atoms with Gasteiger partial charge in [0.05, 0.1) is 18.8 Å². The third kappa shape index (κ3) is 2.21. The Labute approximate surface area is 153 Å². The first-order valence-corrected chi connectivity index (χ1v) is 10.4. The summed E-state index contributed by atoms with van der Waals surface area (Å²) in [6.45, 7) is 11.8. The molecule has 0 aromatic carbocycles. The smallest absolute Gasteiger partial charge is 0.174 e. The first kappa shape index (κ1) is 18.0. The normalized spacial score (nSPS) is 47.9. The average Bonchev–Trinajstić information content (AvgIpc) is 2.88. The van der Waals surface area contributed by atoms with Gasteiger partial charge in [0.2, 0.25) is 0 Å². The van der Waals surface area contributed by atoms with Gasteiger partial charge in [-0.3, -0.25) is 0 Å². The van der Waals surface area contributed by atoms with Crippen molar-refractivity contribution in [3.8, 4) is 0 Å². The molecule has 1 spiro atoms. The Morgan fingerprint density at radius 3 is 2.36 bits per heavy atom. The second-order valence-electron chi connectivity index (χ2n) is 10.1. The topological polar surface area (TPSA) is 38.7 Å². The zero-order valence-electron chi connectivity index (χ0n) is 16.7. The summed E-state index contributed by atoms with van der Waals surface area (Å²) >= 11 is 0. The van der Waals surface area contributed by atoms with Crippen LogP contribution in [0.1, 0.15) is 79.6 Å². The molecule has 0 aromatic rings. The number of fused-ring (bicyclic) bond motifs is 3. The molecule has 142 valence electrons. The highest BCUT2D eigenvalue weighted by Crippen LogP contribution is 2.69. The minimum atomic E-state index is -0.440. The van der Waals surface area contributed by atoms with E-state index < -0.39 is 5.79 Å². The molecule has 25 heavy (non-hydrogen) atoms. The summed E-state index contributed by atoms with van der Waals surface area (Å²) in [5, 5.41) is 10.3. The molecule has 3 nitrogen and oxygen atoms in total. The number of aliphatic hydroxyl groups excluding tert-OH is 1. The molecule has 5 atom stereocenters. The molecule has 1 heterocycles. The number of hydrogen-bond donors (Lipinski definition) is 1. The lowest BCUT2D eigenvalue weighted by Gasteiger charge is -2.64. The van der Waals surface area contributed by atoms with Gasteiger partial charge in [0.15, 0.2) is 5.79 Å². The number of aliphatic hydroxyl groups is 1. The van der Waals surface area contributed by atoms with Gasteiger partial charge in [-0.2, -0.15) is 0 Å². The van der Waals surface area contributed by atoms with Crippen molar-refractivity contribution in [2.75, 3.05) is 6.61 Å². The van der Waals surface area contributed by atoms with Crippen molar-refractivity contribution in [1.82, 2.24) is 0 Å². The summed E-state index contributed by atoms with van der Waals surface area (Å²) in [4.78, 5) is 0. The van der Waals surface area contributed by atoms with Gasteiger partial charge < -0.3 is 14.6 Å². The van der Waals surface area contributed by atoms with Crippen molar-refractivity contribution in [1.29, 1.82) is 0 Å². The summed E-state index contributed by atoms with van der Waals surface area (Å²) in [5.74, 6) is 0.0973. The van der Waals surface area contributed by atoms with E-state index in [0.29, 0.717) is 12.5 Å². The van der Waals surface area contributed by atoms with E-state index in [-0.39, 0.29) is 28.5 Å². The lowest BCUT2D eigenvalue weighted by molar-refractivity contribution is -0.295. The van der Waals surface area contributed by atoms with Crippen LogP contribution >= 0.6 is 0 Å². The van der Waals surface area contributed by atoms with Crippen LogP contribution in [0.3, 0.4) is 0 Å². The Morgan fingerprint density at radius 2 is 1.72 bits per heavy atom. The second kappa shape index (κ2) is 5.56. The van der Waals surface area contributed by atoms with E-state index in [1.54, 1.807) is 5.57 Å². The van der Waals surface area contributed by atoms with Crippen molar-refractivity contribution in [3.05, 3.63) is 11.6 Å². The molecule has 0 bridgehead atoms. The molecule has 4 aliphatic rings. The minimum Gasteiger partial charge on any atom is -0.395 e. The third-order valence-corrected chi connectivity index (χ3v) is 8.62. The lowest BCUT2D eigenvalue weighted by atomic mass is 9.43. The van der Waals surface area contributed by atoms with E-state index in [2.05, 4.69) is 40.7 Å². The number of allylic oxidation sites excluding steroid dienone is 1. The van der Waals surface area contributed by atoms with E-state index in [0.717, 1.165) is 25.7 Å². The average molecular weight is 349 g/mol. The Kier molecular flexibility index (Phi) is 4.00. The fourth-order valence-electron chi connectivity index (χ4n) is 7.03. The largest absolute Gasteiger partial charge is 0.395 e. The van der Waals surface area contributed by atoms with Crippen molar-refractivity contribution in [2.24, 2.45) is 22.2 Å². The first-order chi connectivity index (χ1) is 11.7. The molecule has 0 amide bonds. The molecule has 1 N–H and O–H groups in total. The molecule has 3 heteroatoms. The fraction of sp³-hybridized carbons (Fsp3) is 0.909. The van der Waals surface area contributed by atoms with Gasteiger partial charge in [0, 0.05) is 17.3 Å². The molecular formula is C22H36O3. The van der Waals surface area contributed by atoms with Crippen LogP contribution in [0.4, 0.5) is 0 Å². The van der Waals surface area contributed by atoms with Gasteiger partial charge >= 0.3 is 0 Å². The minimum absolute atomic E-state index is 0.0288. The van der Waals surface area contributed by atoms with E-state index in [1.165, 1.54) is 19.3 Å². The van der Waals surface area contributed by atoms with Gasteiger partial charge in [0.25, 0.3) is 0 Å². The summed E-state index contributed by atoms with van der Waals surface area (Å²) in [7, 11) is 0.